The molecule has 2 aromatic rings. The van der Waals surface area contributed by atoms with Crippen LogP contribution in [0, 0.1) is 5.82 Å². The number of amides is 1. The zero-order valence-electron chi connectivity index (χ0n) is 9.64. The lowest BCUT2D eigenvalue weighted by molar-refractivity contribution is 0.0952. The maximum Gasteiger partial charge on any atom is 0.251 e. The number of hydrogen-bond acceptors (Lipinski definition) is 3. The Morgan fingerprint density at radius 3 is 3.00 bits per heavy atom. The van der Waals surface area contributed by atoms with Gasteiger partial charge in [-0.25, -0.2) is 9.37 Å². The van der Waals surface area contributed by atoms with Crippen LogP contribution in [0.4, 0.5) is 10.1 Å². The SMILES string of the molecule is Nc1ccc(C(=O)NCCn2ccnc2)cc1F. The second-order valence-corrected chi connectivity index (χ2v) is 3.79. The van der Waals surface area contributed by atoms with Gasteiger partial charge in [-0.2, -0.15) is 0 Å². The summed E-state index contributed by atoms with van der Waals surface area (Å²) >= 11 is 0. The number of carbonyl (C=O) groups is 1. The summed E-state index contributed by atoms with van der Waals surface area (Å²) in [5, 5.41) is 2.69. The van der Waals surface area contributed by atoms with E-state index < -0.39 is 5.82 Å². The topological polar surface area (TPSA) is 72.9 Å². The number of hydrogen-bond donors (Lipinski definition) is 2. The number of rotatable bonds is 4. The van der Waals surface area contributed by atoms with Crippen LogP contribution in [0.3, 0.4) is 0 Å². The fraction of sp³-hybridized carbons (Fsp3) is 0.167. The van der Waals surface area contributed by atoms with Crippen LogP contribution in [0.15, 0.2) is 36.9 Å². The first-order valence-electron chi connectivity index (χ1n) is 5.46. The molecule has 6 heteroatoms. The maximum atomic E-state index is 13.2. The third-order valence-corrected chi connectivity index (χ3v) is 2.48. The van der Waals surface area contributed by atoms with Gasteiger partial charge in [0.05, 0.1) is 12.0 Å². The van der Waals surface area contributed by atoms with Crippen LogP contribution in [0.25, 0.3) is 0 Å². The molecule has 0 spiro atoms. The van der Waals surface area contributed by atoms with Gasteiger partial charge >= 0.3 is 0 Å². The molecule has 0 unspecified atom stereocenters. The lowest BCUT2D eigenvalue weighted by atomic mass is 10.2. The predicted molar refractivity (Wildman–Crippen MR) is 65.4 cm³/mol. The standard InChI is InChI=1S/C12H13FN4O/c13-10-7-9(1-2-11(10)14)12(18)16-4-6-17-5-3-15-8-17/h1-3,5,7-8H,4,6,14H2,(H,16,18). The molecule has 1 aromatic heterocycles. The number of carbonyl (C=O) groups excluding carboxylic acids is 1. The van der Waals surface area contributed by atoms with Gasteiger partial charge < -0.3 is 15.6 Å². The van der Waals surface area contributed by atoms with Crippen LogP contribution in [-0.4, -0.2) is 22.0 Å². The summed E-state index contributed by atoms with van der Waals surface area (Å²) < 4.78 is 15.0. The predicted octanol–water partition coefficient (Wildman–Crippen LogP) is 1.03. The molecule has 0 aliphatic rings. The second kappa shape index (κ2) is 5.31. The van der Waals surface area contributed by atoms with Crippen molar-refractivity contribution in [2.24, 2.45) is 0 Å². The van der Waals surface area contributed by atoms with E-state index in [1.165, 1.54) is 12.1 Å². The highest BCUT2D eigenvalue weighted by molar-refractivity contribution is 5.94. The molecule has 1 amide bonds. The molecule has 0 atom stereocenters. The summed E-state index contributed by atoms with van der Waals surface area (Å²) in [5.74, 6) is -0.911. The molecule has 1 aromatic carbocycles. The molecular weight excluding hydrogens is 235 g/mol. The molecule has 94 valence electrons. The van der Waals surface area contributed by atoms with E-state index in [1.807, 2.05) is 4.57 Å². The van der Waals surface area contributed by atoms with Crippen molar-refractivity contribution in [1.82, 2.24) is 14.9 Å². The Labute approximate surface area is 103 Å². The lowest BCUT2D eigenvalue weighted by Gasteiger charge is -2.06. The van der Waals surface area contributed by atoms with Crippen molar-refractivity contribution in [3.05, 3.63) is 48.3 Å². The van der Waals surface area contributed by atoms with Crippen molar-refractivity contribution in [1.29, 1.82) is 0 Å². The largest absolute Gasteiger partial charge is 0.396 e. The number of nitrogens with two attached hydrogens (primary N) is 1. The van der Waals surface area contributed by atoms with Gasteiger partial charge in [-0.3, -0.25) is 4.79 Å². The highest BCUT2D eigenvalue weighted by atomic mass is 19.1. The molecule has 5 nitrogen and oxygen atoms in total. The zero-order chi connectivity index (χ0) is 13.0. The molecular formula is C12H13FN4O. The Morgan fingerprint density at radius 1 is 1.50 bits per heavy atom. The van der Waals surface area contributed by atoms with E-state index in [1.54, 1.807) is 18.7 Å². The molecule has 1 heterocycles. The molecule has 0 aliphatic carbocycles. The first-order chi connectivity index (χ1) is 8.66. The van der Waals surface area contributed by atoms with Gasteiger partial charge in [0.15, 0.2) is 0 Å². The quantitative estimate of drug-likeness (QED) is 0.794. The number of imidazole rings is 1. The van der Waals surface area contributed by atoms with Gasteiger partial charge in [-0.15, -0.1) is 0 Å². The molecule has 0 radical (unpaired) electrons. The Kier molecular flexibility index (Phi) is 3.57. The van der Waals surface area contributed by atoms with Crippen LogP contribution in [0.5, 0.6) is 0 Å². The minimum Gasteiger partial charge on any atom is -0.396 e. The van der Waals surface area contributed by atoms with Crippen molar-refractivity contribution in [2.45, 2.75) is 6.54 Å². The van der Waals surface area contributed by atoms with E-state index >= 15 is 0 Å². The van der Waals surface area contributed by atoms with Gasteiger partial charge in [0.1, 0.15) is 5.82 Å². The lowest BCUT2D eigenvalue weighted by Crippen LogP contribution is -2.27. The zero-order valence-corrected chi connectivity index (χ0v) is 9.64. The number of aromatic nitrogens is 2. The minimum atomic E-state index is -0.586. The summed E-state index contributed by atoms with van der Waals surface area (Å²) in [5.41, 5.74) is 5.63. The van der Waals surface area contributed by atoms with E-state index in [4.69, 9.17) is 5.73 Å². The van der Waals surface area contributed by atoms with Gasteiger partial charge in [0.25, 0.3) is 5.91 Å². The summed E-state index contributed by atoms with van der Waals surface area (Å²) in [6.45, 7) is 1.06. The number of nitrogen functional groups attached to an aromatic ring is 1. The maximum absolute atomic E-state index is 13.2. The molecule has 18 heavy (non-hydrogen) atoms. The Balaban J connectivity index is 1.89. The van der Waals surface area contributed by atoms with E-state index in [-0.39, 0.29) is 17.2 Å². The van der Waals surface area contributed by atoms with Gasteiger partial charge in [0, 0.05) is 31.0 Å². The second-order valence-electron chi connectivity index (χ2n) is 3.79. The number of nitrogens with one attached hydrogen (secondary N) is 1. The van der Waals surface area contributed by atoms with Crippen molar-refractivity contribution < 1.29 is 9.18 Å². The molecule has 0 aliphatic heterocycles. The first-order valence-corrected chi connectivity index (χ1v) is 5.46. The van der Waals surface area contributed by atoms with Gasteiger partial charge in [-0.05, 0) is 18.2 Å². The van der Waals surface area contributed by atoms with Crippen molar-refractivity contribution in [3.8, 4) is 0 Å². The van der Waals surface area contributed by atoms with Crippen LogP contribution in [0.1, 0.15) is 10.4 Å². The summed E-state index contributed by atoms with van der Waals surface area (Å²) in [6.07, 6.45) is 5.13. The smallest absolute Gasteiger partial charge is 0.251 e. The van der Waals surface area contributed by atoms with Crippen LogP contribution >= 0.6 is 0 Å². The molecule has 3 N–H and O–H groups in total. The summed E-state index contributed by atoms with van der Waals surface area (Å²) in [7, 11) is 0. The average Bonchev–Trinajstić information content (AvgIpc) is 2.85. The monoisotopic (exact) mass is 248 g/mol. The first kappa shape index (κ1) is 12.1. The van der Waals surface area contributed by atoms with Crippen molar-refractivity contribution in [3.63, 3.8) is 0 Å². The van der Waals surface area contributed by atoms with Gasteiger partial charge in [0.2, 0.25) is 0 Å². The minimum absolute atomic E-state index is 0.0324. The molecule has 0 saturated carbocycles. The van der Waals surface area contributed by atoms with Crippen LogP contribution in [-0.2, 0) is 6.54 Å². The molecule has 0 bridgehead atoms. The molecule has 0 saturated heterocycles. The van der Waals surface area contributed by atoms with Crippen LogP contribution in [0.2, 0.25) is 0 Å². The fourth-order valence-corrected chi connectivity index (χ4v) is 1.49. The third-order valence-electron chi connectivity index (χ3n) is 2.48. The van der Waals surface area contributed by atoms with Crippen molar-refractivity contribution >= 4 is 11.6 Å². The Morgan fingerprint density at radius 2 is 2.33 bits per heavy atom. The Bertz CT molecular complexity index is 539. The third kappa shape index (κ3) is 2.85. The van der Waals surface area contributed by atoms with E-state index in [2.05, 4.69) is 10.3 Å². The van der Waals surface area contributed by atoms with Crippen molar-refractivity contribution in [2.75, 3.05) is 12.3 Å². The van der Waals surface area contributed by atoms with E-state index in [9.17, 15) is 9.18 Å². The van der Waals surface area contributed by atoms with E-state index in [0.29, 0.717) is 13.1 Å². The average molecular weight is 248 g/mol. The number of nitrogens with zero attached hydrogens (tertiary/aromatic N) is 2. The summed E-state index contributed by atoms with van der Waals surface area (Å²) in [6, 6.07) is 3.99. The summed E-state index contributed by atoms with van der Waals surface area (Å²) in [4.78, 5) is 15.6. The normalized spacial score (nSPS) is 10.3. The highest BCUT2D eigenvalue weighted by Crippen LogP contribution is 2.11. The highest BCUT2D eigenvalue weighted by Gasteiger charge is 2.07. The molecule has 0 fully saturated rings. The van der Waals surface area contributed by atoms with E-state index in [0.717, 1.165) is 6.07 Å². The van der Waals surface area contributed by atoms with Crippen LogP contribution < -0.4 is 11.1 Å². The number of benzene rings is 1. The Hall–Kier alpha value is -2.37. The number of halogens is 1. The van der Waals surface area contributed by atoms with Gasteiger partial charge in [-0.1, -0.05) is 0 Å². The molecule has 2 rings (SSSR count). The fourth-order valence-electron chi connectivity index (χ4n) is 1.49. The number of anilines is 1.